The van der Waals surface area contributed by atoms with E-state index in [2.05, 4.69) is 15.6 Å². The zero-order valence-electron chi connectivity index (χ0n) is 12.4. The normalized spacial score (nSPS) is 19.3. The SMILES string of the molecule is CNC(=O)C1CCCN(Cc2cc(C(=O)NN)c(C)o2)C1. The van der Waals surface area contributed by atoms with Crippen LogP contribution in [0.2, 0.25) is 0 Å². The van der Waals surface area contributed by atoms with Gasteiger partial charge in [0.25, 0.3) is 5.91 Å². The van der Waals surface area contributed by atoms with E-state index in [1.54, 1.807) is 20.0 Å². The van der Waals surface area contributed by atoms with Crippen LogP contribution in [0.5, 0.6) is 0 Å². The summed E-state index contributed by atoms with van der Waals surface area (Å²) in [6.07, 6.45) is 1.89. The van der Waals surface area contributed by atoms with Crippen LogP contribution in [0, 0.1) is 12.8 Å². The summed E-state index contributed by atoms with van der Waals surface area (Å²) in [5, 5.41) is 2.70. The number of hydrazine groups is 1. The molecule has 21 heavy (non-hydrogen) atoms. The van der Waals surface area contributed by atoms with Crippen LogP contribution in [0.1, 0.15) is 34.7 Å². The second kappa shape index (κ2) is 6.73. The van der Waals surface area contributed by atoms with Gasteiger partial charge in [-0.1, -0.05) is 0 Å². The third kappa shape index (κ3) is 3.62. The smallest absolute Gasteiger partial charge is 0.268 e. The topological polar surface area (TPSA) is 101 Å². The molecule has 1 aromatic rings. The molecule has 1 fully saturated rings. The van der Waals surface area contributed by atoms with Gasteiger partial charge in [-0.3, -0.25) is 19.9 Å². The molecule has 7 nitrogen and oxygen atoms in total. The summed E-state index contributed by atoms with van der Waals surface area (Å²) in [5.74, 6) is 6.14. The van der Waals surface area contributed by atoms with Crippen molar-refractivity contribution >= 4 is 11.8 Å². The van der Waals surface area contributed by atoms with Gasteiger partial charge in [-0.2, -0.15) is 0 Å². The largest absolute Gasteiger partial charge is 0.464 e. The number of aryl methyl sites for hydroxylation is 1. The van der Waals surface area contributed by atoms with Crippen molar-refractivity contribution in [1.29, 1.82) is 0 Å². The first kappa shape index (κ1) is 15.5. The fraction of sp³-hybridized carbons (Fsp3) is 0.571. The molecule has 0 bridgehead atoms. The summed E-state index contributed by atoms with van der Waals surface area (Å²) < 4.78 is 5.60. The van der Waals surface area contributed by atoms with Gasteiger partial charge in [-0.25, -0.2) is 5.84 Å². The lowest BCUT2D eigenvalue weighted by atomic mass is 9.97. The first-order chi connectivity index (χ1) is 10.0. The van der Waals surface area contributed by atoms with Crippen LogP contribution in [0.4, 0.5) is 0 Å². The number of piperidine rings is 1. The van der Waals surface area contributed by atoms with Crippen molar-refractivity contribution in [3.63, 3.8) is 0 Å². The second-order valence-electron chi connectivity index (χ2n) is 5.34. The van der Waals surface area contributed by atoms with Crippen molar-refractivity contribution < 1.29 is 14.0 Å². The number of likely N-dealkylation sites (tertiary alicyclic amines) is 1. The Morgan fingerprint density at radius 3 is 2.95 bits per heavy atom. The standard InChI is InChI=1S/C14H22N4O3/c1-9-12(14(20)17-15)6-11(21-9)8-18-5-3-4-10(7-18)13(19)16-2/h6,10H,3-5,7-8,15H2,1-2H3,(H,16,19)(H,17,20). The lowest BCUT2D eigenvalue weighted by Crippen LogP contribution is -2.41. The summed E-state index contributed by atoms with van der Waals surface area (Å²) >= 11 is 0. The van der Waals surface area contributed by atoms with Gasteiger partial charge in [-0.15, -0.1) is 0 Å². The molecule has 2 rings (SSSR count). The van der Waals surface area contributed by atoms with Crippen molar-refractivity contribution in [2.75, 3.05) is 20.1 Å². The number of carbonyl (C=O) groups excluding carboxylic acids is 2. The maximum Gasteiger partial charge on any atom is 0.268 e. The highest BCUT2D eigenvalue weighted by molar-refractivity contribution is 5.94. The van der Waals surface area contributed by atoms with Gasteiger partial charge in [-0.05, 0) is 32.4 Å². The predicted octanol–water partition coefficient (Wildman–Crippen LogP) is 0.150. The molecule has 1 saturated heterocycles. The summed E-state index contributed by atoms with van der Waals surface area (Å²) in [5.41, 5.74) is 2.55. The number of carbonyl (C=O) groups is 2. The van der Waals surface area contributed by atoms with Crippen LogP contribution >= 0.6 is 0 Å². The number of nitrogens with zero attached hydrogens (tertiary/aromatic N) is 1. The fourth-order valence-corrected chi connectivity index (χ4v) is 2.76. The number of furan rings is 1. The molecule has 1 aliphatic rings. The highest BCUT2D eigenvalue weighted by Crippen LogP contribution is 2.21. The first-order valence-electron chi connectivity index (χ1n) is 7.09. The van der Waals surface area contributed by atoms with E-state index in [1.165, 1.54) is 0 Å². The Morgan fingerprint density at radius 1 is 1.52 bits per heavy atom. The zero-order chi connectivity index (χ0) is 15.4. The highest BCUT2D eigenvalue weighted by atomic mass is 16.3. The van der Waals surface area contributed by atoms with Gasteiger partial charge < -0.3 is 9.73 Å². The summed E-state index contributed by atoms with van der Waals surface area (Å²) in [6, 6.07) is 1.71. The highest BCUT2D eigenvalue weighted by Gasteiger charge is 2.26. The number of amides is 2. The van der Waals surface area contributed by atoms with Gasteiger partial charge in [0.2, 0.25) is 5.91 Å². The molecule has 0 aromatic carbocycles. The number of rotatable bonds is 4. The molecule has 2 heterocycles. The molecule has 2 amide bonds. The van der Waals surface area contributed by atoms with Gasteiger partial charge >= 0.3 is 0 Å². The van der Waals surface area contributed by atoms with Crippen LogP contribution in [-0.4, -0.2) is 36.9 Å². The molecule has 1 unspecified atom stereocenters. The van der Waals surface area contributed by atoms with E-state index in [-0.39, 0.29) is 17.7 Å². The van der Waals surface area contributed by atoms with E-state index in [9.17, 15) is 9.59 Å². The average molecular weight is 294 g/mol. The predicted molar refractivity (Wildman–Crippen MR) is 77.2 cm³/mol. The summed E-state index contributed by atoms with van der Waals surface area (Å²) in [4.78, 5) is 25.5. The minimum Gasteiger partial charge on any atom is -0.464 e. The number of nitrogen functional groups attached to an aromatic ring is 1. The minimum absolute atomic E-state index is 0.0200. The molecule has 0 saturated carbocycles. The van der Waals surface area contributed by atoms with Gasteiger partial charge in [0, 0.05) is 13.6 Å². The van der Waals surface area contributed by atoms with Crippen molar-refractivity contribution in [2.24, 2.45) is 11.8 Å². The van der Waals surface area contributed by atoms with Crippen molar-refractivity contribution in [3.8, 4) is 0 Å². The van der Waals surface area contributed by atoms with Crippen molar-refractivity contribution in [3.05, 3.63) is 23.2 Å². The quantitative estimate of drug-likeness (QED) is 0.417. The van der Waals surface area contributed by atoms with E-state index in [0.717, 1.165) is 19.4 Å². The monoisotopic (exact) mass is 294 g/mol. The van der Waals surface area contributed by atoms with E-state index in [4.69, 9.17) is 10.3 Å². The fourth-order valence-electron chi connectivity index (χ4n) is 2.76. The van der Waals surface area contributed by atoms with E-state index in [1.807, 2.05) is 0 Å². The minimum atomic E-state index is -0.357. The number of nitrogens with two attached hydrogens (primary N) is 1. The average Bonchev–Trinajstić information content (AvgIpc) is 2.86. The molecular weight excluding hydrogens is 272 g/mol. The van der Waals surface area contributed by atoms with Crippen LogP contribution in [0.3, 0.4) is 0 Å². The lowest BCUT2D eigenvalue weighted by Gasteiger charge is -2.30. The second-order valence-corrected chi connectivity index (χ2v) is 5.34. The number of hydrogen-bond donors (Lipinski definition) is 3. The van der Waals surface area contributed by atoms with E-state index < -0.39 is 0 Å². The van der Waals surface area contributed by atoms with Crippen LogP contribution in [-0.2, 0) is 11.3 Å². The summed E-state index contributed by atoms with van der Waals surface area (Å²) in [6.45, 7) is 3.95. The number of hydrogen-bond acceptors (Lipinski definition) is 5. The molecule has 1 aliphatic heterocycles. The molecule has 4 N–H and O–H groups in total. The molecule has 0 radical (unpaired) electrons. The molecule has 0 aliphatic carbocycles. The zero-order valence-corrected chi connectivity index (χ0v) is 12.4. The van der Waals surface area contributed by atoms with E-state index in [0.29, 0.717) is 30.2 Å². The Kier molecular flexibility index (Phi) is 4.98. The third-order valence-corrected chi connectivity index (χ3v) is 3.85. The Morgan fingerprint density at radius 2 is 2.29 bits per heavy atom. The Hall–Kier alpha value is -1.86. The molecule has 0 spiro atoms. The van der Waals surface area contributed by atoms with Gasteiger partial charge in [0.05, 0.1) is 18.0 Å². The summed E-state index contributed by atoms with van der Waals surface area (Å²) in [7, 11) is 1.66. The molecule has 7 heteroatoms. The molecule has 1 atom stereocenters. The van der Waals surface area contributed by atoms with Crippen LogP contribution in [0.25, 0.3) is 0 Å². The molecule has 116 valence electrons. The van der Waals surface area contributed by atoms with Crippen LogP contribution < -0.4 is 16.6 Å². The van der Waals surface area contributed by atoms with Gasteiger partial charge in [0.15, 0.2) is 0 Å². The Bertz CT molecular complexity index is 526. The maximum absolute atomic E-state index is 11.7. The molecule has 1 aromatic heterocycles. The Labute approximate surface area is 123 Å². The molecular formula is C14H22N4O3. The van der Waals surface area contributed by atoms with E-state index >= 15 is 0 Å². The first-order valence-corrected chi connectivity index (χ1v) is 7.09. The number of nitrogens with one attached hydrogen (secondary N) is 2. The lowest BCUT2D eigenvalue weighted by molar-refractivity contribution is -0.126. The van der Waals surface area contributed by atoms with Crippen molar-refractivity contribution in [2.45, 2.75) is 26.3 Å². The van der Waals surface area contributed by atoms with Crippen molar-refractivity contribution in [1.82, 2.24) is 15.6 Å². The third-order valence-electron chi connectivity index (χ3n) is 3.85. The maximum atomic E-state index is 11.7. The van der Waals surface area contributed by atoms with Crippen LogP contribution in [0.15, 0.2) is 10.5 Å². The van der Waals surface area contributed by atoms with Gasteiger partial charge in [0.1, 0.15) is 11.5 Å². The Balaban J connectivity index is 2.01.